The Labute approximate surface area is 158 Å². The molecule has 0 bridgehead atoms. The van der Waals surface area contributed by atoms with Gasteiger partial charge in [0.25, 0.3) is 0 Å². The quantitative estimate of drug-likeness (QED) is 0.677. The van der Waals surface area contributed by atoms with Gasteiger partial charge in [-0.15, -0.1) is 0 Å². The summed E-state index contributed by atoms with van der Waals surface area (Å²) in [6, 6.07) is 0. The van der Waals surface area contributed by atoms with Crippen LogP contribution in [0.4, 0.5) is 0 Å². The average Bonchev–Trinajstić information content (AvgIpc) is 2.68. The van der Waals surface area contributed by atoms with Crippen molar-refractivity contribution in [1.82, 2.24) is 0 Å². The van der Waals surface area contributed by atoms with Crippen LogP contribution in [0.1, 0.15) is 71.1 Å². The molecule has 0 heterocycles. The number of ketones is 1. The van der Waals surface area contributed by atoms with Crippen molar-refractivity contribution in [3.63, 3.8) is 0 Å². The van der Waals surface area contributed by atoms with Crippen molar-refractivity contribution in [2.75, 3.05) is 7.11 Å². The Hall–Kier alpha value is -0.710. The second-order valence-corrected chi connectivity index (χ2v) is 8.69. The van der Waals surface area contributed by atoms with Gasteiger partial charge in [-0.3, -0.25) is 4.79 Å². The maximum atomic E-state index is 12.8. The lowest BCUT2D eigenvalue weighted by Crippen LogP contribution is -2.70. The molecule has 0 spiro atoms. The first-order valence-electron chi connectivity index (χ1n) is 10.7. The van der Waals surface area contributed by atoms with Crippen LogP contribution < -0.4 is 0 Å². The molecule has 148 valence electrons. The highest BCUT2D eigenvalue weighted by molar-refractivity contribution is 5.97. The van der Waals surface area contributed by atoms with Crippen LogP contribution in [-0.4, -0.2) is 40.9 Å². The van der Waals surface area contributed by atoms with Gasteiger partial charge in [-0.2, -0.15) is 0 Å². The molecule has 3 aliphatic rings. The van der Waals surface area contributed by atoms with Crippen molar-refractivity contribution < 1.29 is 19.7 Å². The number of carbonyl (C=O) groups is 1. The Kier molecular flexibility index (Phi) is 6.58. The number of ether oxygens (including phenoxy) is 1. The molecule has 2 N–H and O–H groups in total. The minimum atomic E-state index is -0.706. The van der Waals surface area contributed by atoms with E-state index < -0.39 is 17.8 Å². The van der Waals surface area contributed by atoms with Crippen molar-refractivity contribution in [1.29, 1.82) is 0 Å². The second-order valence-electron chi connectivity index (χ2n) is 8.69. The van der Waals surface area contributed by atoms with E-state index in [1.165, 1.54) is 19.3 Å². The maximum Gasteiger partial charge on any atom is 0.168 e. The minimum Gasteiger partial charge on any atom is -0.393 e. The predicted molar refractivity (Wildman–Crippen MR) is 102 cm³/mol. The van der Waals surface area contributed by atoms with E-state index in [9.17, 15) is 15.0 Å². The number of carbonyl (C=O) groups excluding carboxylic acids is 1. The molecule has 3 fully saturated rings. The van der Waals surface area contributed by atoms with Crippen LogP contribution in [0.25, 0.3) is 0 Å². The highest BCUT2D eigenvalue weighted by Gasteiger charge is 2.66. The van der Waals surface area contributed by atoms with E-state index in [-0.39, 0.29) is 23.5 Å². The van der Waals surface area contributed by atoms with Gasteiger partial charge in [-0.05, 0) is 38.0 Å². The zero-order valence-corrected chi connectivity index (χ0v) is 16.4. The number of aliphatic hydroxyl groups is 2. The van der Waals surface area contributed by atoms with Gasteiger partial charge in [-0.25, -0.2) is 0 Å². The van der Waals surface area contributed by atoms with Gasteiger partial charge in [0, 0.05) is 24.9 Å². The fourth-order valence-electron chi connectivity index (χ4n) is 5.73. The smallest absolute Gasteiger partial charge is 0.168 e. The average molecular weight is 365 g/mol. The molecule has 0 radical (unpaired) electrons. The van der Waals surface area contributed by atoms with Crippen LogP contribution >= 0.6 is 0 Å². The summed E-state index contributed by atoms with van der Waals surface area (Å²) in [6.07, 6.45) is 13.0. The van der Waals surface area contributed by atoms with Crippen molar-refractivity contribution in [2.45, 2.75) is 88.9 Å². The Morgan fingerprint density at radius 2 is 2.00 bits per heavy atom. The Morgan fingerprint density at radius 1 is 1.27 bits per heavy atom. The number of unbranched alkanes of at least 4 members (excludes halogenated alkanes) is 1. The van der Waals surface area contributed by atoms with Crippen LogP contribution in [0.3, 0.4) is 0 Å². The summed E-state index contributed by atoms with van der Waals surface area (Å²) in [5.41, 5.74) is -0.706. The predicted octanol–water partition coefficient (Wildman–Crippen LogP) is 3.65. The molecular formula is C22H36O4. The van der Waals surface area contributed by atoms with Gasteiger partial charge < -0.3 is 14.9 Å². The zero-order valence-electron chi connectivity index (χ0n) is 16.4. The fraction of sp³-hybridized carbons (Fsp3) is 0.864. The van der Waals surface area contributed by atoms with Gasteiger partial charge in [0.05, 0.1) is 12.2 Å². The maximum absolute atomic E-state index is 12.8. The van der Waals surface area contributed by atoms with E-state index in [0.717, 1.165) is 32.1 Å². The van der Waals surface area contributed by atoms with Crippen LogP contribution in [0.5, 0.6) is 0 Å². The van der Waals surface area contributed by atoms with Crippen molar-refractivity contribution in [2.24, 2.45) is 23.7 Å². The number of hydrogen-bond acceptors (Lipinski definition) is 4. The second kappa shape index (κ2) is 8.53. The number of Topliss-reactive ketones (excluding diaryl/α,β-unsaturated/α-hetero) is 1. The highest BCUT2D eigenvalue weighted by atomic mass is 16.5. The number of rotatable bonds is 7. The van der Waals surface area contributed by atoms with E-state index in [4.69, 9.17) is 4.74 Å². The standard InChI is InChI=1S/C22H36O4/c1-3-4-10-17-20-16(11-12-18(23)15-8-6-5-7-9-15)19(24)13-14-22(20,26-2)21(17)25/h11-12,15-20,23-24H,3-10,13-14H2,1-2H3/b12-11+/t16-,17?,18+,19+,20-,22?/m0/s1. The molecule has 0 aliphatic heterocycles. The lowest BCUT2D eigenvalue weighted by Gasteiger charge is -2.58. The highest BCUT2D eigenvalue weighted by Crippen LogP contribution is 2.56. The molecule has 0 amide bonds. The Bertz CT molecular complexity index is 510. The largest absolute Gasteiger partial charge is 0.393 e. The number of hydrogen-bond donors (Lipinski definition) is 2. The first-order valence-corrected chi connectivity index (χ1v) is 10.7. The van der Waals surface area contributed by atoms with Crippen molar-refractivity contribution in [3.8, 4) is 0 Å². The summed E-state index contributed by atoms with van der Waals surface area (Å²) in [5.74, 6) is 0.515. The van der Waals surface area contributed by atoms with Gasteiger partial charge in [0.1, 0.15) is 5.60 Å². The van der Waals surface area contributed by atoms with Crippen LogP contribution in [-0.2, 0) is 9.53 Å². The van der Waals surface area contributed by atoms with Crippen molar-refractivity contribution in [3.05, 3.63) is 12.2 Å². The lowest BCUT2D eigenvalue weighted by molar-refractivity contribution is -0.209. The Balaban J connectivity index is 1.74. The lowest BCUT2D eigenvalue weighted by atomic mass is 9.49. The number of aliphatic hydroxyl groups excluding tert-OH is 2. The third-order valence-electron chi connectivity index (χ3n) is 7.29. The monoisotopic (exact) mass is 364 g/mol. The molecule has 4 nitrogen and oxygen atoms in total. The molecular weight excluding hydrogens is 328 g/mol. The first-order chi connectivity index (χ1) is 12.5. The van der Waals surface area contributed by atoms with E-state index in [1.54, 1.807) is 7.11 Å². The summed E-state index contributed by atoms with van der Waals surface area (Å²) in [5, 5.41) is 21.2. The van der Waals surface area contributed by atoms with E-state index >= 15 is 0 Å². The topological polar surface area (TPSA) is 66.8 Å². The molecule has 3 aliphatic carbocycles. The van der Waals surface area contributed by atoms with Crippen LogP contribution in [0.2, 0.25) is 0 Å². The van der Waals surface area contributed by atoms with E-state index in [0.29, 0.717) is 18.8 Å². The molecule has 2 unspecified atom stereocenters. The van der Waals surface area contributed by atoms with Crippen LogP contribution in [0.15, 0.2) is 12.2 Å². The molecule has 0 aromatic heterocycles. The van der Waals surface area contributed by atoms with Gasteiger partial charge in [-0.1, -0.05) is 51.2 Å². The van der Waals surface area contributed by atoms with Crippen molar-refractivity contribution >= 4 is 5.78 Å². The third-order valence-corrected chi connectivity index (χ3v) is 7.29. The molecule has 3 saturated carbocycles. The normalized spacial score (nSPS) is 39.6. The molecule has 0 aromatic rings. The fourth-order valence-corrected chi connectivity index (χ4v) is 5.73. The number of fused-ring (bicyclic) bond motifs is 1. The summed E-state index contributed by atoms with van der Waals surface area (Å²) in [7, 11) is 1.64. The van der Waals surface area contributed by atoms with Crippen LogP contribution in [0, 0.1) is 23.7 Å². The number of methoxy groups -OCH3 is 1. The summed E-state index contributed by atoms with van der Waals surface area (Å²) in [4.78, 5) is 12.8. The Morgan fingerprint density at radius 3 is 2.65 bits per heavy atom. The molecule has 26 heavy (non-hydrogen) atoms. The molecule has 0 aromatic carbocycles. The summed E-state index contributed by atoms with van der Waals surface area (Å²) < 4.78 is 5.74. The van der Waals surface area contributed by atoms with E-state index in [1.807, 2.05) is 12.2 Å². The van der Waals surface area contributed by atoms with Gasteiger partial charge in [0.15, 0.2) is 5.78 Å². The molecule has 3 rings (SSSR count). The summed E-state index contributed by atoms with van der Waals surface area (Å²) in [6.45, 7) is 2.14. The zero-order chi connectivity index (χ0) is 18.7. The third kappa shape index (κ3) is 3.53. The summed E-state index contributed by atoms with van der Waals surface area (Å²) >= 11 is 0. The minimum absolute atomic E-state index is 0.00803. The SMILES string of the molecule is CCCCC1C(=O)C2(OC)CC[C@@H](O)[C@H](/C=C/[C@@H](O)C3CCCCC3)[C@@H]12. The van der Waals surface area contributed by atoms with Gasteiger partial charge >= 0.3 is 0 Å². The molecule has 4 heteroatoms. The van der Waals surface area contributed by atoms with E-state index in [2.05, 4.69) is 6.92 Å². The first kappa shape index (κ1) is 20.0. The molecule has 6 atom stereocenters. The van der Waals surface area contributed by atoms with Gasteiger partial charge in [0.2, 0.25) is 0 Å². The molecule has 0 saturated heterocycles.